The minimum absolute atomic E-state index is 0.459. The van der Waals surface area contributed by atoms with E-state index in [0.717, 1.165) is 13.7 Å². The second-order valence-corrected chi connectivity index (χ2v) is 5.36. The SMILES string of the molecule is Cc1nc(-c2ncccc2Br)nc(Cl)c1I. The maximum absolute atomic E-state index is 6.02. The number of hydrogen-bond donors (Lipinski definition) is 0. The van der Waals surface area contributed by atoms with Crippen LogP contribution in [0.1, 0.15) is 5.69 Å². The van der Waals surface area contributed by atoms with Crippen molar-refractivity contribution in [2.45, 2.75) is 6.92 Å². The van der Waals surface area contributed by atoms with Crippen molar-refractivity contribution in [3.8, 4) is 11.5 Å². The molecular formula is C10H6BrClIN3. The van der Waals surface area contributed by atoms with E-state index in [1.807, 2.05) is 19.1 Å². The lowest BCUT2D eigenvalue weighted by molar-refractivity contribution is 1.07. The Morgan fingerprint density at radius 3 is 2.75 bits per heavy atom. The van der Waals surface area contributed by atoms with Crippen LogP contribution in [0.15, 0.2) is 22.8 Å². The second-order valence-electron chi connectivity index (χ2n) is 3.07. The second kappa shape index (κ2) is 4.93. The van der Waals surface area contributed by atoms with Crippen LogP contribution in [0.2, 0.25) is 5.15 Å². The average molecular weight is 410 g/mol. The molecule has 0 bridgehead atoms. The fourth-order valence-corrected chi connectivity index (χ4v) is 2.07. The van der Waals surface area contributed by atoms with E-state index in [-0.39, 0.29) is 0 Å². The lowest BCUT2D eigenvalue weighted by Crippen LogP contribution is -1.98. The third kappa shape index (κ3) is 2.36. The van der Waals surface area contributed by atoms with Crippen molar-refractivity contribution in [2.75, 3.05) is 0 Å². The van der Waals surface area contributed by atoms with Gasteiger partial charge < -0.3 is 0 Å². The topological polar surface area (TPSA) is 38.7 Å². The zero-order chi connectivity index (χ0) is 11.7. The van der Waals surface area contributed by atoms with Crippen LogP contribution in [0, 0.1) is 10.5 Å². The van der Waals surface area contributed by atoms with E-state index in [9.17, 15) is 0 Å². The van der Waals surface area contributed by atoms with Gasteiger partial charge in [0.05, 0.1) is 9.26 Å². The predicted octanol–water partition coefficient (Wildman–Crippen LogP) is 3.87. The molecule has 0 aliphatic rings. The fourth-order valence-electron chi connectivity index (χ4n) is 1.18. The van der Waals surface area contributed by atoms with E-state index in [1.54, 1.807) is 6.20 Å². The van der Waals surface area contributed by atoms with Gasteiger partial charge in [-0.15, -0.1) is 0 Å². The molecule has 2 aromatic rings. The van der Waals surface area contributed by atoms with Crippen LogP contribution in [-0.2, 0) is 0 Å². The summed E-state index contributed by atoms with van der Waals surface area (Å²) in [5, 5.41) is 0.459. The van der Waals surface area contributed by atoms with Gasteiger partial charge in [-0.25, -0.2) is 9.97 Å². The Morgan fingerprint density at radius 2 is 2.12 bits per heavy atom. The molecule has 0 aliphatic carbocycles. The average Bonchev–Trinajstić information content (AvgIpc) is 2.26. The molecule has 3 nitrogen and oxygen atoms in total. The number of nitrogens with zero attached hydrogens (tertiary/aromatic N) is 3. The minimum Gasteiger partial charge on any atom is -0.252 e. The zero-order valence-electron chi connectivity index (χ0n) is 8.21. The summed E-state index contributed by atoms with van der Waals surface area (Å²) in [6, 6.07) is 3.74. The summed E-state index contributed by atoms with van der Waals surface area (Å²) in [5.41, 5.74) is 1.55. The number of hydrogen-bond acceptors (Lipinski definition) is 3. The van der Waals surface area contributed by atoms with Crippen LogP contribution in [0.25, 0.3) is 11.5 Å². The summed E-state index contributed by atoms with van der Waals surface area (Å²) in [4.78, 5) is 12.8. The standard InChI is InChI=1S/C10H6BrClIN3/c1-5-7(13)9(12)16-10(15-5)8-6(11)3-2-4-14-8/h2-4H,1H3. The number of halogens is 3. The molecule has 2 rings (SSSR count). The van der Waals surface area contributed by atoms with Crippen LogP contribution in [0.3, 0.4) is 0 Å². The summed E-state index contributed by atoms with van der Waals surface area (Å²) in [6.07, 6.45) is 1.70. The predicted molar refractivity (Wildman–Crippen MR) is 75.4 cm³/mol. The van der Waals surface area contributed by atoms with Gasteiger partial charge in [-0.2, -0.15) is 0 Å². The molecule has 0 unspecified atom stereocenters. The fraction of sp³-hybridized carbons (Fsp3) is 0.100. The van der Waals surface area contributed by atoms with Crippen molar-refractivity contribution in [1.29, 1.82) is 0 Å². The Balaban J connectivity index is 2.62. The Bertz CT molecular complexity index is 524. The first-order chi connectivity index (χ1) is 7.59. The Kier molecular flexibility index (Phi) is 3.76. The highest BCUT2D eigenvalue weighted by molar-refractivity contribution is 14.1. The molecule has 0 saturated carbocycles. The van der Waals surface area contributed by atoms with Gasteiger partial charge in [-0.05, 0) is 57.6 Å². The molecule has 82 valence electrons. The number of rotatable bonds is 1. The van der Waals surface area contributed by atoms with Crippen LogP contribution in [0.5, 0.6) is 0 Å². The summed E-state index contributed by atoms with van der Waals surface area (Å²) in [6.45, 7) is 1.90. The van der Waals surface area contributed by atoms with Crippen LogP contribution < -0.4 is 0 Å². The van der Waals surface area contributed by atoms with Gasteiger partial charge in [0.1, 0.15) is 10.8 Å². The molecule has 2 aromatic heterocycles. The molecule has 6 heteroatoms. The molecule has 16 heavy (non-hydrogen) atoms. The van der Waals surface area contributed by atoms with Gasteiger partial charge in [0, 0.05) is 10.7 Å². The van der Waals surface area contributed by atoms with Gasteiger partial charge in [0.25, 0.3) is 0 Å². The molecule has 0 fully saturated rings. The monoisotopic (exact) mass is 409 g/mol. The van der Waals surface area contributed by atoms with Gasteiger partial charge in [0.2, 0.25) is 0 Å². The largest absolute Gasteiger partial charge is 0.252 e. The first-order valence-corrected chi connectivity index (χ1v) is 6.65. The van der Waals surface area contributed by atoms with E-state index in [4.69, 9.17) is 11.6 Å². The maximum Gasteiger partial charge on any atom is 0.181 e. The molecule has 0 amide bonds. The van der Waals surface area contributed by atoms with E-state index >= 15 is 0 Å². The number of aromatic nitrogens is 3. The van der Waals surface area contributed by atoms with E-state index in [0.29, 0.717) is 16.7 Å². The summed E-state index contributed by atoms with van der Waals surface area (Å²) >= 11 is 11.6. The van der Waals surface area contributed by atoms with Crippen molar-refractivity contribution >= 4 is 50.1 Å². The van der Waals surface area contributed by atoms with E-state index in [2.05, 4.69) is 53.5 Å². The van der Waals surface area contributed by atoms with Crippen molar-refractivity contribution < 1.29 is 0 Å². The maximum atomic E-state index is 6.02. The number of pyridine rings is 1. The highest BCUT2D eigenvalue weighted by Gasteiger charge is 2.12. The zero-order valence-corrected chi connectivity index (χ0v) is 12.7. The summed E-state index contributed by atoms with van der Waals surface area (Å²) < 4.78 is 1.72. The van der Waals surface area contributed by atoms with Crippen LogP contribution in [-0.4, -0.2) is 15.0 Å². The molecule has 0 spiro atoms. The Morgan fingerprint density at radius 1 is 1.38 bits per heavy atom. The molecule has 2 heterocycles. The normalized spacial score (nSPS) is 10.5. The quantitative estimate of drug-likeness (QED) is 0.529. The smallest absolute Gasteiger partial charge is 0.181 e. The lowest BCUT2D eigenvalue weighted by atomic mass is 10.3. The Labute approximate surface area is 120 Å². The first-order valence-electron chi connectivity index (χ1n) is 4.40. The first kappa shape index (κ1) is 12.2. The highest BCUT2D eigenvalue weighted by atomic mass is 127. The van der Waals surface area contributed by atoms with Gasteiger partial charge in [-0.3, -0.25) is 4.98 Å². The van der Waals surface area contributed by atoms with Gasteiger partial charge in [-0.1, -0.05) is 11.6 Å². The lowest BCUT2D eigenvalue weighted by Gasteiger charge is -2.05. The molecule has 0 radical (unpaired) electrons. The van der Waals surface area contributed by atoms with Gasteiger partial charge in [0.15, 0.2) is 5.82 Å². The van der Waals surface area contributed by atoms with Crippen LogP contribution >= 0.6 is 50.1 Å². The van der Waals surface area contributed by atoms with Crippen molar-refractivity contribution in [1.82, 2.24) is 15.0 Å². The summed E-state index contributed by atoms with van der Waals surface area (Å²) in [7, 11) is 0. The summed E-state index contributed by atoms with van der Waals surface area (Å²) in [5.74, 6) is 0.537. The van der Waals surface area contributed by atoms with Crippen LogP contribution in [0.4, 0.5) is 0 Å². The molecule has 0 N–H and O–H groups in total. The van der Waals surface area contributed by atoms with Crippen molar-refractivity contribution in [2.24, 2.45) is 0 Å². The Hall–Kier alpha value is -0.270. The molecule has 0 atom stereocenters. The molecule has 0 aliphatic heterocycles. The molecular weight excluding hydrogens is 404 g/mol. The highest BCUT2D eigenvalue weighted by Crippen LogP contribution is 2.26. The van der Waals surface area contributed by atoms with Crippen molar-refractivity contribution in [3.63, 3.8) is 0 Å². The minimum atomic E-state index is 0.459. The third-order valence-corrected chi connectivity index (χ3v) is 4.47. The van der Waals surface area contributed by atoms with Gasteiger partial charge >= 0.3 is 0 Å². The van der Waals surface area contributed by atoms with Crippen molar-refractivity contribution in [3.05, 3.63) is 37.2 Å². The third-order valence-electron chi connectivity index (χ3n) is 1.95. The molecule has 0 aromatic carbocycles. The van der Waals surface area contributed by atoms with E-state index < -0.39 is 0 Å². The van der Waals surface area contributed by atoms with E-state index in [1.165, 1.54) is 0 Å². The molecule has 0 saturated heterocycles. The number of aryl methyl sites for hydroxylation is 1.